The number of alkyl halides is 3. The number of aromatic hydroxyl groups is 1. The van der Waals surface area contributed by atoms with E-state index in [1.54, 1.807) is 36.2 Å². The van der Waals surface area contributed by atoms with Gasteiger partial charge in [0.05, 0.1) is 0 Å². The fourth-order valence-corrected chi connectivity index (χ4v) is 6.90. The number of benzene rings is 2. The molecule has 2 aromatic rings. The number of nitrogens with zero attached hydrogens (tertiary/aromatic N) is 2. The number of likely N-dealkylation sites (N-methyl/N-ethyl adjacent to an activating group) is 1. The summed E-state index contributed by atoms with van der Waals surface area (Å²) in [7, 11) is 1.72. The number of hydrogen-bond acceptors (Lipinski definition) is 6. The minimum atomic E-state index is -4.81. The van der Waals surface area contributed by atoms with Gasteiger partial charge in [0.2, 0.25) is 5.91 Å². The van der Waals surface area contributed by atoms with E-state index in [0.29, 0.717) is 43.7 Å². The van der Waals surface area contributed by atoms with Gasteiger partial charge >= 0.3 is 12.3 Å². The number of likely N-dealkylation sites (tertiary alicyclic amines) is 1. The number of carbonyl (C=O) groups is 2. The molecule has 3 atom stereocenters. The lowest BCUT2D eigenvalue weighted by atomic mass is 9.55. The second kappa shape index (κ2) is 11.6. The molecule has 1 heterocycles. The van der Waals surface area contributed by atoms with Gasteiger partial charge in [-0.1, -0.05) is 24.3 Å². The van der Waals surface area contributed by atoms with Crippen molar-refractivity contribution in [2.75, 3.05) is 26.7 Å². The van der Waals surface area contributed by atoms with Crippen molar-refractivity contribution in [1.82, 2.24) is 9.80 Å². The molecule has 1 amide bonds. The maximum atomic E-state index is 13.3. The molecule has 3 aliphatic rings. The van der Waals surface area contributed by atoms with Crippen LogP contribution in [0, 0.1) is 5.92 Å². The Morgan fingerprint density at radius 3 is 2.57 bits per heavy atom. The van der Waals surface area contributed by atoms with Gasteiger partial charge in [0.15, 0.2) is 0 Å². The summed E-state index contributed by atoms with van der Waals surface area (Å²) in [6, 6.07) is 12.4. The number of esters is 1. The molecule has 2 saturated carbocycles. The molecule has 2 aliphatic carbocycles. The standard InChI is InChI=1S/C32H37F3N2O5/c1-22(38)41-31-14-13-26(36(2)29(40)12-11-23-5-3-8-28(17-23)42-32(33,34)35)19-30(31,25-6-4-7-27(39)18-25)15-16-37(21-31)20-24-9-10-24/h3-8,11-12,17-18,24,26,39H,9-10,13-16,19-21H2,1-2H3/b12-11+. The van der Waals surface area contributed by atoms with E-state index in [9.17, 15) is 27.9 Å². The number of ether oxygens (including phenoxy) is 2. The molecule has 42 heavy (non-hydrogen) atoms. The Morgan fingerprint density at radius 1 is 1.12 bits per heavy atom. The van der Waals surface area contributed by atoms with Gasteiger partial charge in [0.25, 0.3) is 0 Å². The second-order valence-corrected chi connectivity index (χ2v) is 11.9. The first kappa shape index (κ1) is 29.9. The fraction of sp³-hybridized carbons (Fsp3) is 0.500. The molecular weight excluding hydrogens is 549 g/mol. The SMILES string of the molecule is CC(=O)OC12CCC(N(C)C(=O)/C=C/c3cccc(OC(F)(F)F)c3)CC1(c1cccc(O)c1)CCN(CC1CC1)C2. The van der Waals surface area contributed by atoms with Gasteiger partial charge in [-0.25, -0.2) is 0 Å². The number of piperidine rings is 1. The van der Waals surface area contributed by atoms with Gasteiger partial charge in [0.1, 0.15) is 17.1 Å². The summed E-state index contributed by atoms with van der Waals surface area (Å²) in [5.74, 6) is -0.194. The van der Waals surface area contributed by atoms with Crippen LogP contribution in [0.1, 0.15) is 56.6 Å². The van der Waals surface area contributed by atoms with E-state index in [1.807, 2.05) is 6.07 Å². The van der Waals surface area contributed by atoms with E-state index in [4.69, 9.17) is 4.74 Å². The molecule has 0 spiro atoms. The smallest absolute Gasteiger partial charge is 0.508 e. The first-order valence-corrected chi connectivity index (χ1v) is 14.4. The van der Waals surface area contributed by atoms with Gasteiger partial charge in [-0.05, 0) is 92.5 Å². The number of carbonyl (C=O) groups excluding carboxylic acids is 2. The lowest BCUT2D eigenvalue weighted by molar-refractivity contribution is -0.274. The molecule has 1 aliphatic heterocycles. The number of hydrogen-bond donors (Lipinski definition) is 1. The van der Waals surface area contributed by atoms with E-state index in [2.05, 4.69) is 9.64 Å². The normalized spacial score (nSPS) is 26.5. The Labute approximate surface area is 243 Å². The Morgan fingerprint density at radius 2 is 1.88 bits per heavy atom. The Bertz CT molecular complexity index is 1340. The predicted molar refractivity (Wildman–Crippen MR) is 151 cm³/mol. The highest BCUT2D eigenvalue weighted by molar-refractivity contribution is 5.91. The molecule has 1 N–H and O–H groups in total. The summed E-state index contributed by atoms with van der Waals surface area (Å²) >= 11 is 0. The van der Waals surface area contributed by atoms with Crippen LogP contribution in [0.2, 0.25) is 0 Å². The fourth-order valence-electron chi connectivity index (χ4n) is 6.90. The summed E-state index contributed by atoms with van der Waals surface area (Å²) in [5, 5.41) is 10.4. The van der Waals surface area contributed by atoms with E-state index >= 15 is 0 Å². The van der Waals surface area contributed by atoms with Crippen LogP contribution in [-0.2, 0) is 19.7 Å². The molecule has 5 rings (SSSR count). The van der Waals surface area contributed by atoms with Crippen LogP contribution in [0.15, 0.2) is 54.6 Å². The number of phenolic OH excluding ortho intramolecular Hbond substituents is 1. The van der Waals surface area contributed by atoms with Crippen LogP contribution >= 0.6 is 0 Å². The van der Waals surface area contributed by atoms with E-state index in [0.717, 1.165) is 18.7 Å². The Kier molecular flexibility index (Phi) is 8.29. The maximum Gasteiger partial charge on any atom is 0.573 e. The Balaban J connectivity index is 1.40. The van der Waals surface area contributed by atoms with E-state index in [1.165, 1.54) is 50.1 Å². The highest BCUT2D eigenvalue weighted by Crippen LogP contribution is 2.55. The summed E-state index contributed by atoms with van der Waals surface area (Å²) < 4.78 is 48.1. The first-order chi connectivity index (χ1) is 19.9. The molecule has 0 aromatic heterocycles. The summed E-state index contributed by atoms with van der Waals surface area (Å²) in [6.45, 7) is 3.82. The third kappa shape index (κ3) is 6.59. The lowest BCUT2D eigenvalue weighted by Crippen LogP contribution is -2.68. The third-order valence-corrected chi connectivity index (χ3v) is 9.03. The zero-order chi connectivity index (χ0) is 30.1. The van der Waals surface area contributed by atoms with Crippen molar-refractivity contribution in [3.63, 3.8) is 0 Å². The number of amides is 1. The quantitative estimate of drug-likeness (QED) is 0.317. The first-order valence-electron chi connectivity index (χ1n) is 14.4. The predicted octanol–water partition coefficient (Wildman–Crippen LogP) is 5.67. The van der Waals surface area contributed by atoms with Crippen molar-refractivity contribution in [3.8, 4) is 11.5 Å². The molecule has 3 unspecified atom stereocenters. The van der Waals surface area contributed by atoms with Gasteiger partial charge in [-0.2, -0.15) is 0 Å². The van der Waals surface area contributed by atoms with Crippen molar-refractivity contribution >= 4 is 18.0 Å². The van der Waals surface area contributed by atoms with Crippen molar-refractivity contribution in [1.29, 1.82) is 0 Å². The molecule has 2 aromatic carbocycles. The summed E-state index contributed by atoms with van der Waals surface area (Å²) in [5.41, 5.74) is -0.149. The van der Waals surface area contributed by atoms with Crippen LogP contribution < -0.4 is 4.74 Å². The maximum absolute atomic E-state index is 13.3. The van der Waals surface area contributed by atoms with Crippen LogP contribution in [0.3, 0.4) is 0 Å². The minimum absolute atomic E-state index is 0.130. The van der Waals surface area contributed by atoms with Crippen LogP contribution in [0.4, 0.5) is 13.2 Å². The monoisotopic (exact) mass is 586 g/mol. The number of halogens is 3. The summed E-state index contributed by atoms with van der Waals surface area (Å²) in [6.07, 6.45) is 2.84. The van der Waals surface area contributed by atoms with Crippen LogP contribution in [0.25, 0.3) is 6.08 Å². The summed E-state index contributed by atoms with van der Waals surface area (Å²) in [4.78, 5) is 29.9. The highest BCUT2D eigenvalue weighted by Gasteiger charge is 2.61. The van der Waals surface area contributed by atoms with E-state index in [-0.39, 0.29) is 29.4 Å². The number of phenols is 1. The molecule has 3 fully saturated rings. The lowest BCUT2D eigenvalue weighted by Gasteiger charge is -2.60. The van der Waals surface area contributed by atoms with Gasteiger partial charge in [-0.15, -0.1) is 13.2 Å². The zero-order valence-electron chi connectivity index (χ0n) is 23.9. The third-order valence-electron chi connectivity index (χ3n) is 9.03. The van der Waals surface area contributed by atoms with Crippen molar-refractivity contribution in [2.45, 2.75) is 68.9 Å². The average Bonchev–Trinajstić information content (AvgIpc) is 3.74. The minimum Gasteiger partial charge on any atom is -0.508 e. The second-order valence-electron chi connectivity index (χ2n) is 11.9. The Hall–Kier alpha value is -3.53. The van der Waals surface area contributed by atoms with E-state index < -0.39 is 17.4 Å². The molecular formula is C32H37F3N2O5. The molecule has 0 radical (unpaired) electrons. The number of fused-ring (bicyclic) bond motifs is 1. The largest absolute Gasteiger partial charge is 0.573 e. The molecule has 0 bridgehead atoms. The topological polar surface area (TPSA) is 79.3 Å². The van der Waals surface area contributed by atoms with Gasteiger partial charge < -0.3 is 19.5 Å². The van der Waals surface area contributed by atoms with Crippen molar-refractivity contribution in [3.05, 3.63) is 65.7 Å². The molecule has 1 saturated heterocycles. The molecule has 226 valence electrons. The molecule has 7 nitrogen and oxygen atoms in total. The van der Waals surface area contributed by atoms with Crippen LogP contribution in [-0.4, -0.2) is 71.5 Å². The average molecular weight is 587 g/mol. The number of rotatable bonds is 8. The highest BCUT2D eigenvalue weighted by atomic mass is 19.4. The van der Waals surface area contributed by atoms with Gasteiger partial charge in [-0.3, -0.25) is 14.5 Å². The van der Waals surface area contributed by atoms with Gasteiger partial charge in [0, 0.05) is 44.6 Å². The zero-order valence-corrected chi connectivity index (χ0v) is 23.9. The van der Waals surface area contributed by atoms with Crippen LogP contribution in [0.5, 0.6) is 11.5 Å². The molecule has 10 heteroatoms. The van der Waals surface area contributed by atoms with Crippen molar-refractivity contribution < 1.29 is 37.3 Å². The van der Waals surface area contributed by atoms with Crippen molar-refractivity contribution in [2.24, 2.45) is 5.92 Å².